The van der Waals surface area contributed by atoms with Crippen LogP contribution in [0.1, 0.15) is 6.42 Å². The number of aromatic nitrogens is 4. The third-order valence-corrected chi connectivity index (χ3v) is 7.89. The van der Waals surface area contributed by atoms with Crippen LogP contribution in [0.25, 0.3) is 27.6 Å². The Bertz CT molecular complexity index is 1640. The van der Waals surface area contributed by atoms with Gasteiger partial charge in [0.2, 0.25) is 11.9 Å². The molecular weight excluding hydrogens is 536 g/mol. The van der Waals surface area contributed by atoms with E-state index < -0.39 is 0 Å². The van der Waals surface area contributed by atoms with Gasteiger partial charge in [0.15, 0.2) is 4.96 Å². The zero-order valence-electron chi connectivity index (χ0n) is 23.1. The fourth-order valence-corrected chi connectivity index (χ4v) is 5.61. The van der Waals surface area contributed by atoms with Crippen LogP contribution in [-0.2, 0) is 9.53 Å². The van der Waals surface area contributed by atoms with E-state index in [1.165, 1.54) is 5.69 Å². The Morgan fingerprint density at radius 2 is 1.93 bits per heavy atom. The van der Waals surface area contributed by atoms with Gasteiger partial charge in [-0.2, -0.15) is 0 Å². The quantitative estimate of drug-likeness (QED) is 0.265. The average molecular weight is 569 g/mol. The highest BCUT2D eigenvalue weighted by Crippen LogP contribution is 2.35. The SMILES string of the molecule is CNCCC(=O)N(C)c1cccc(-c2nc3sccn3c2-c2ccnc(Nc3ccc(N4CCOCC4)cc3)n2)c1. The van der Waals surface area contributed by atoms with Crippen LogP contribution < -0.4 is 20.4 Å². The molecule has 210 valence electrons. The topological polar surface area (TPSA) is 99.9 Å². The van der Waals surface area contributed by atoms with Gasteiger partial charge in [-0.25, -0.2) is 15.0 Å². The molecule has 41 heavy (non-hydrogen) atoms. The molecule has 2 N–H and O–H groups in total. The number of benzene rings is 2. The summed E-state index contributed by atoms with van der Waals surface area (Å²) in [5.74, 6) is 0.549. The van der Waals surface area contributed by atoms with E-state index in [-0.39, 0.29) is 5.91 Å². The molecule has 0 saturated carbocycles. The number of carbonyl (C=O) groups excluding carboxylic acids is 1. The summed E-state index contributed by atoms with van der Waals surface area (Å²) in [5.41, 5.74) is 6.23. The minimum Gasteiger partial charge on any atom is -0.378 e. The molecule has 0 unspecified atom stereocenters. The average Bonchev–Trinajstić information content (AvgIpc) is 3.62. The summed E-state index contributed by atoms with van der Waals surface area (Å²) < 4.78 is 7.52. The molecule has 1 saturated heterocycles. The summed E-state index contributed by atoms with van der Waals surface area (Å²) in [6.45, 7) is 3.93. The van der Waals surface area contributed by atoms with Crippen molar-refractivity contribution in [3.8, 4) is 22.6 Å². The lowest BCUT2D eigenvalue weighted by Gasteiger charge is -2.28. The third kappa shape index (κ3) is 5.78. The molecule has 5 aromatic rings. The predicted molar refractivity (Wildman–Crippen MR) is 164 cm³/mol. The molecule has 4 heterocycles. The number of ether oxygens (including phenoxy) is 1. The first-order valence-corrected chi connectivity index (χ1v) is 14.5. The molecule has 11 heteroatoms. The van der Waals surface area contributed by atoms with E-state index in [1.807, 2.05) is 61.1 Å². The van der Waals surface area contributed by atoms with Gasteiger partial charge < -0.3 is 25.2 Å². The molecule has 1 amide bonds. The monoisotopic (exact) mass is 568 g/mol. The Labute approximate surface area is 242 Å². The Balaban J connectivity index is 1.29. The van der Waals surface area contributed by atoms with Crippen molar-refractivity contribution in [3.05, 3.63) is 72.4 Å². The maximum atomic E-state index is 12.7. The number of rotatable bonds is 9. The zero-order chi connectivity index (χ0) is 28.2. The van der Waals surface area contributed by atoms with Crippen molar-refractivity contribution in [2.45, 2.75) is 6.42 Å². The van der Waals surface area contributed by atoms with Crippen LogP contribution in [0.4, 0.5) is 23.0 Å². The minimum absolute atomic E-state index is 0.0482. The lowest BCUT2D eigenvalue weighted by Crippen LogP contribution is -2.36. The maximum absolute atomic E-state index is 12.7. The maximum Gasteiger partial charge on any atom is 0.227 e. The van der Waals surface area contributed by atoms with Crippen LogP contribution in [0.2, 0.25) is 0 Å². The second kappa shape index (κ2) is 12.0. The molecule has 0 aliphatic carbocycles. The summed E-state index contributed by atoms with van der Waals surface area (Å²) in [4.78, 5) is 31.9. The molecular formula is C30H32N8O2S. The highest BCUT2D eigenvalue weighted by atomic mass is 32.1. The number of nitrogens with zero attached hydrogens (tertiary/aromatic N) is 6. The van der Waals surface area contributed by atoms with Crippen LogP contribution in [0.15, 0.2) is 72.4 Å². The second-order valence-corrected chi connectivity index (χ2v) is 10.6. The standard InChI is InChI=1S/C30H32N8O2S/c1-31-12-11-26(39)36(2)24-5-3-4-21(20-24)27-28(38-16-19-41-30(38)35-27)25-10-13-32-29(34-25)33-22-6-8-23(9-7-22)37-14-17-40-18-15-37/h3-10,13,16,19-20,31H,11-12,14-15,17-18H2,1-2H3,(H,32,33,34). The van der Waals surface area contributed by atoms with E-state index in [4.69, 9.17) is 14.7 Å². The fraction of sp³-hybridized carbons (Fsp3) is 0.267. The molecule has 1 aliphatic rings. The number of amides is 1. The zero-order valence-corrected chi connectivity index (χ0v) is 23.9. The molecule has 1 fully saturated rings. The number of carbonyl (C=O) groups is 1. The molecule has 0 bridgehead atoms. The molecule has 6 rings (SSSR count). The van der Waals surface area contributed by atoms with Gasteiger partial charge in [-0.3, -0.25) is 9.20 Å². The van der Waals surface area contributed by atoms with Crippen LogP contribution in [0, 0.1) is 0 Å². The summed E-state index contributed by atoms with van der Waals surface area (Å²) >= 11 is 1.57. The molecule has 3 aromatic heterocycles. The van der Waals surface area contributed by atoms with Crippen LogP contribution in [-0.4, -0.2) is 72.2 Å². The van der Waals surface area contributed by atoms with E-state index in [9.17, 15) is 4.79 Å². The number of anilines is 4. The fourth-order valence-electron chi connectivity index (χ4n) is 4.89. The first-order chi connectivity index (χ1) is 20.1. The Kier molecular flexibility index (Phi) is 7.90. The van der Waals surface area contributed by atoms with Gasteiger partial charge in [0.1, 0.15) is 5.69 Å². The largest absolute Gasteiger partial charge is 0.378 e. The third-order valence-electron chi connectivity index (χ3n) is 7.13. The highest BCUT2D eigenvalue weighted by Gasteiger charge is 2.20. The second-order valence-electron chi connectivity index (χ2n) is 9.76. The Morgan fingerprint density at radius 3 is 2.73 bits per heavy atom. The Morgan fingerprint density at radius 1 is 1.10 bits per heavy atom. The number of morpholine rings is 1. The summed E-state index contributed by atoms with van der Waals surface area (Å²) in [6.07, 6.45) is 4.19. The van der Waals surface area contributed by atoms with E-state index in [0.717, 1.165) is 65.3 Å². The van der Waals surface area contributed by atoms with Crippen molar-refractivity contribution in [2.75, 3.05) is 62.1 Å². The van der Waals surface area contributed by atoms with Gasteiger partial charge in [0.05, 0.1) is 24.6 Å². The van der Waals surface area contributed by atoms with Crippen LogP contribution >= 0.6 is 11.3 Å². The predicted octanol–water partition coefficient (Wildman–Crippen LogP) is 4.67. The van der Waals surface area contributed by atoms with Crippen molar-refractivity contribution in [3.63, 3.8) is 0 Å². The van der Waals surface area contributed by atoms with Gasteiger partial charge in [-0.05, 0) is 49.5 Å². The molecule has 1 aliphatic heterocycles. The van der Waals surface area contributed by atoms with Crippen molar-refractivity contribution >= 4 is 45.2 Å². The number of nitrogens with one attached hydrogen (secondary N) is 2. The number of hydrogen-bond donors (Lipinski definition) is 2. The smallest absolute Gasteiger partial charge is 0.227 e. The highest BCUT2D eigenvalue weighted by molar-refractivity contribution is 7.15. The molecule has 0 radical (unpaired) electrons. The van der Waals surface area contributed by atoms with Gasteiger partial charge >= 0.3 is 0 Å². The van der Waals surface area contributed by atoms with E-state index >= 15 is 0 Å². The summed E-state index contributed by atoms with van der Waals surface area (Å²) in [7, 11) is 3.65. The van der Waals surface area contributed by atoms with E-state index in [2.05, 4.69) is 37.1 Å². The molecule has 0 spiro atoms. The first kappa shape index (κ1) is 26.9. The van der Waals surface area contributed by atoms with Crippen molar-refractivity contribution in [2.24, 2.45) is 0 Å². The van der Waals surface area contributed by atoms with E-state index in [0.29, 0.717) is 18.9 Å². The van der Waals surface area contributed by atoms with Gasteiger partial charge in [0, 0.05) is 73.5 Å². The molecule has 0 atom stereocenters. The lowest BCUT2D eigenvalue weighted by molar-refractivity contribution is -0.118. The van der Waals surface area contributed by atoms with E-state index in [1.54, 1.807) is 29.5 Å². The van der Waals surface area contributed by atoms with Crippen molar-refractivity contribution in [1.82, 2.24) is 24.7 Å². The summed E-state index contributed by atoms with van der Waals surface area (Å²) in [6, 6.07) is 18.1. The van der Waals surface area contributed by atoms with Crippen LogP contribution in [0.3, 0.4) is 0 Å². The molecule has 2 aromatic carbocycles. The number of thiazole rings is 1. The lowest BCUT2D eigenvalue weighted by atomic mass is 10.1. The van der Waals surface area contributed by atoms with Gasteiger partial charge in [-0.1, -0.05) is 12.1 Å². The summed E-state index contributed by atoms with van der Waals surface area (Å²) in [5, 5.41) is 8.39. The minimum atomic E-state index is 0.0482. The van der Waals surface area contributed by atoms with Crippen molar-refractivity contribution in [1.29, 1.82) is 0 Å². The van der Waals surface area contributed by atoms with Gasteiger partial charge in [-0.15, -0.1) is 11.3 Å². The number of fused-ring (bicyclic) bond motifs is 1. The first-order valence-electron chi connectivity index (χ1n) is 13.6. The Hall–Kier alpha value is -4.32. The number of imidazole rings is 1. The van der Waals surface area contributed by atoms with Crippen molar-refractivity contribution < 1.29 is 9.53 Å². The molecule has 10 nitrogen and oxygen atoms in total. The van der Waals surface area contributed by atoms with Crippen LogP contribution in [0.5, 0.6) is 0 Å². The van der Waals surface area contributed by atoms with Gasteiger partial charge in [0.25, 0.3) is 0 Å². The number of hydrogen-bond acceptors (Lipinski definition) is 9. The normalized spacial score (nSPS) is 13.5.